The number of ether oxygens (including phenoxy) is 1. The van der Waals surface area contributed by atoms with Gasteiger partial charge in [0, 0.05) is 17.8 Å². The maximum Gasteiger partial charge on any atom is 0.277 e. The van der Waals surface area contributed by atoms with Crippen molar-refractivity contribution in [3.63, 3.8) is 0 Å². The van der Waals surface area contributed by atoms with Gasteiger partial charge in [-0.3, -0.25) is 9.48 Å². The van der Waals surface area contributed by atoms with E-state index in [0.717, 1.165) is 5.56 Å². The molecule has 0 saturated carbocycles. The average Bonchev–Trinajstić information content (AvgIpc) is 3.02. The summed E-state index contributed by atoms with van der Waals surface area (Å²) in [6.45, 7) is 0.447. The van der Waals surface area contributed by atoms with Crippen molar-refractivity contribution in [3.05, 3.63) is 71.0 Å². The summed E-state index contributed by atoms with van der Waals surface area (Å²) in [6.07, 6.45) is 1.55. The lowest BCUT2D eigenvalue weighted by Crippen LogP contribution is -2.12. The molecule has 0 bridgehead atoms. The molecule has 24 heavy (non-hydrogen) atoms. The van der Waals surface area contributed by atoms with E-state index in [0.29, 0.717) is 23.1 Å². The molecule has 122 valence electrons. The molecule has 3 rings (SSSR count). The second-order valence-corrected chi connectivity index (χ2v) is 5.61. The van der Waals surface area contributed by atoms with E-state index in [1.165, 1.54) is 4.68 Å². The highest BCUT2D eigenvalue weighted by molar-refractivity contribution is 6.30. The molecule has 1 heterocycles. The molecule has 0 aliphatic carbocycles. The van der Waals surface area contributed by atoms with Gasteiger partial charge in [0.15, 0.2) is 5.69 Å². The van der Waals surface area contributed by atoms with Gasteiger partial charge in [-0.05, 0) is 42.0 Å². The Morgan fingerprint density at radius 1 is 1.17 bits per heavy atom. The first-order valence-electron chi connectivity index (χ1n) is 7.25. The fourth-order valence-corrected chi connectivity index (χ4v) is 2.15. The minimum Gasteiger partial charge on any atom is -0.489 e. The molecule has 3 aromatic rings. The van der Waals surface area contributed by atoms with Gasteiger partial charge in [-0.2, -0.15) is 0 Å². The number of carbonyl (C=O) groups is 1. The summed E-state index contributed by atoms with van der Waals surface area (Å²) in [4.78, 5) is 12.0. The highest BCUT2D eigenvalue weighted by Crippen LogP contribution is 2.18. The Labute approximate surface area is 144 Å². The fourth-order valence-electron chi connectivity index (χ4n) is 2.03. The third-order valence-corrected chi connectivity index (χ3v) is 3.52. The van der Waals surface area contributed by atoms with Crippen LogP contribution in [0.1, 0.15) is 16.1 Å². The molecule has 1 amide bonds. The molecule has 0 aliphatic heterocycles. The van der Waals surface area contributed by atoms with Gasteiger partial charge in [-0.15, -0.1) is 5.10 Å². The molecular weight excluding hydrogens is 328 g/mol. The standard InChI is InChI=1S/C17H15ClN4O2/c1-22-10-16(20-21-22)17(23)19-14-6-8-15(9-7-14)24-11-12-2-4-13(18)5-3-12/h2-10H,11H2,1H3,(H,19,23). The van der Waals surface area contributed by atoms with E-state index in [2.05, 4.69) is 15.6 Å². The summed E-state index contributed by atoms with van der Waals surface area (Å²) < 4.78 is 7.17. The van der Waals surface area contributed by atoms with Gasteiger partial charge in [0.05, 0.1) is 6.20 Å². The van der Waals surface area contributed by atoms with Crippen molar-refractivity contribution in [3.8, 4) is 5.75 Å². The summed E-state index contributed by atoms with van der Waals surface area (Å²) in [7, 11) is 1.70. The summed E-state index contributed by atoms with van der Waals surface area (Å²) in [6, 6.07) is 14.6. The zero-order chi connectivity index (χ0) is 16.9. The number of aryl methyl sites for hydroxylation is 1. The number of anilines is 1. The number of benzene rings is 2. The number of hydrogen-bond donors (Lipinski definition) is 1. The third kappa shape index (κ3) is 4.11. The Bertz CT molecular complexity index is 829. The average molecular weight is 343 g/mol. The van der Waals surface area contributed by atoms with Crippen LogP contribution in [-0.2, 0) is 13.7 Å². The Hall–Kier alpha value is -2.86. The van der Waals surface area contributed by atoms with E-state index in [9.17, 15) is 4.79 Å². The Morgan fingerprint density at radius 3 is 2.50 bits per heavy atom. The molecule has 0 atom stereocenters. The number of halogens is 1. The van der Waals surface area contributed by atoms with Crippen molar-refractivity contribution >= 4 is 23.2 Å². The molecule has 6 nitrogen and oxygen atoms in total. The predicted octanol–water partition coefficient (Wildman–Crippen LogP) is 3.30. The lowest BCUT2D eigenvalue weighted by Gasteiger charge is -2.08. The summed E-state index contributed by atoms with van der Waals surface area (Å²) in [5.74, 6) is 0.403. The van der Waals surface area contributed by atoms with E-state index in [1.54, 1.807) is 37.5 Å². The van der Waals surface area contributed by atoms with E-state index in [1.807, 2.05) is 24.3 Å². The zero-order valence-corrected chi connectivity index (χ0v) is 13.7. The lowest BCUT2D eigenvalue weighted by atomic mass is 10.2. The third-order valence-electron chi connectivity index (χ3n) is 3.27. The maximum absolute atomic E-state index is 12.0. The quantitative estimate of drug-likeness (QED) is 0.772. The van der Waals surface area contributed by atoms with Crippen molar-refractivity contribution in [2.24, 2.45) is 7.05 Å². The molecule has 0 radical (unpaired) electrons. The smallest absolute Gasteiger partial charge is 0.277 e. The van der Waals surface area contributed by atoms with Gasteiger partial charge in [0.25, 0.3) is 5.91 Å². The largest absolute Gasteiger partial charge is 0.489 e. The summed E-state index contributed by atoms with van der Waals surface area (Å²) in [5.41, 5.74) is 1.95. The van der Waals surface area contributed by atoms with Crippen LogP contribution in [0.3, 0.4) is 0 Å². The number of nitrogens with one attached hydrogen (secondary N) is 1. The normalized spacial score (nSPS) is 10.4. The van der Waals surface area contributed by atoms with Crippen LogP contribution in [-0.4, -0.2) is 20.9 Å². The maximum atomic E-state index is 12.0. The molecule has 1 N–H and O–H groups in total. The van der Waals surface area contributed by atoms with Crippen LogP contribution in [0.25, 0.3) is 0 Å². The second-order valence-electron chi connectivity index (χ2n) is 5.17. The van der Waals surface area contributed by atoms with E-state index in [4.69, 9.17) is 16.3 Å². The molecule has 0 unspecified atom stereocenters. The van der Waals surface area contributed by atoms with E-state index >= 15 is 0 Å². The lowest BCUT2D eigenvalue weighted by molar-refractivity contribution is 0.102. The number of rotatable bonds is 5. The molecule has 7 heteroatoms. The Balaban J connectivity index is 1.57. The minimum atomic E-state index is -0.307. The topological polar surface area (TPSA) is 69.0 Å². The first-order valence-corrected chi connectivity index (χ1v) is 7.63. The first-order chi connectivity index (χ1) is 11.6. The highest BCUT2D eigenvalue weighted by atomic mass is 35.5. The number of carbonyl (C=O) groups excluding carboxylic acids is 1. The minimum absolute atomic E-state index is 0.264. The molecule has 1 aromatic heterocycles. The van der Waals surface area contributed by atoms with E-state index in [-0.39, 0.29) is 11.6 Å². The van der Waals surface area contributed by atoms with Crippen LogP contribution in [0.4, 0.5) is 5.69 Å². The number of hydrogen-bond acceptors (Lipinski definition) is 4. The number of amides is 1. The summed E-state index contributed by atoms with van der Waals surface area (Å²) >= 11 is 5.85. The van der Waals surface area contributed by atoms with Crippen LogP contribution in [0, 0.1) is 0 Å². The van der Waals surface area contributed by atoms with Crippen molar-refractivity contribution in [1.29, 1.82) is 0 Å². The molecule has 0 spiro atoms. The first kappa shape index (κ1) is 16.0. The van der Waals surface area contributed by atoms with Crippen LogP contribution in [0.15, 0.2) is 54.7 Å². The molecule has 0 fully saturated rings. The number of aromatic nitrogens is 3. The molecule has 0 aliphatic rings. The van der Waals surface area contributed by atoms with Crippen LogP contribution in [0.5, 0.6) is 5.75 Å². The Morgan fingerprint density at radius 2 is 1.88 bits per heavy atom. The summed E-state index contributed by atoms with van der Waals surface area (Å²) in [5, 5.41) is 10.9. The van der Waals surface area contributed by atoms with Gasteiger partial charge in [0.2, 0.25) is 0 Å². The molecular formula is C17H15ClN4O2. The van der Waals surface area contributed by atoms with E-state index < -0.39 is 0 Å². The fraction of sp³-hybridized carbons (Fsp3) is 0.118. The van der Waals surface area contributed by atoms with Crippen LogP contribution in [0.2, 0.25) is 5.02 Å². The van der Waals surface area contributed by atoms with Gasteiger partial charge in [-0.25, -0.2) is 0 Å². The second kappa shape index (κ2) is 7.14. The Kier molecular flexibility index (Phi) is 4.77. The van der Waals surface area contributed by atoms with Crippen molar-refractivity contribution in [2.45, 2.75) is 6.61 Å². The molecule has 0 saturated heterocycles. The van der Waals surface area contributed by atoms with Gasteiger partial charge < -0.3 is 10.1 Å². The van der Waals surface area contributed by atoms with Crippen LogP contribution < -0.4 is 10.1 Å². The van der Waals surface area contributed by atoms with Crippen molar-refractivity contribution < 1.29 is 9.53 Å². The van der Waals surface area contributed by atoms with Crippen molar-refractivity contribution in [1.82, 2.24) is 15.0 Å². The number of nitrogens with zero attached hydrogens (tertiary/aromatic N) is 3. The van der Waals surface area contributed by atoms with Gasteiger partial charge in [0.1, 0.15) is 12.4 Å². The zero-order valence-electron chi connectivity index (χ0n) is 12.9. The van der Waals surface area contributed by atoms with Gasteiger partial charge >= 0.3 is 0 Å². The molecule has 2 aromatic carbocycles. The highest BCUT2D eigenvalue weighted by Gasteiger charge is 2.10. The van der Waals surface area contributed by atoms with Crippen LogP contribution >= 0.6 is 11.6 Å². The van der Waals surface area contributed by atoms with Gasteiger partial charge in [-0.1, -0.05) is 28.9 Å². The monoisotopic (exact) mass is 342 g/mol. The SMILES string of the molecule is Cn1cc(C(=O)Nc2ccc(OCc3ccc(Cl)cc3)cc2)nn1. The van der Waals surface area contributed by atoms with Crippen molar-refractivity contribution in [2.75, 3.05) is 5.32 Å². The predicted molar refractivity (Wildman–Crippen MR) is 91.2 cm³/mol.